The first-order valence-corrected chi connectivity index (χ1v) is 12.7. The van der Waals surface area contributed by atoms with Crippen molar-refractivity contribution >= 4 is 0 Å². The number of ether oxygens (including phenoxy) is 2. The van der Waals surface area contributed by atoms with Crippen LogP contribution in [0.3, 0.4) is 0 Å². The molecule has 4 aliphatic rings. The van der Waals surface area contributed by atoms with Crippen LogP contribution in [-0.2, 0) is 16.6 Å². The van der Waals surface area contributed by atoms with E-state index in [9.17, 15) is 0 Å². The SMILES string of the molecule is C=CC(=CC=C(C)OC)CN1CCC23CCN(CC4CC4)C(Cc4ccc(OC)cc42)C3C1. The number of rotatable bonds is 8. The summed E-state index contributed by atoms with van der Waals surface area (Å²) < 4.78 is 11.0. The number of hydrogen-bond donors (Lipinski definition) is 0. The molecule has 3 fully saturated rings. The zero-order chi connectivity index (χ0) is 23.0. The van der Waals surface area contributed by atoms with Crippen molar-refractivity contribution in [1.82, 2.24) is 9.80 Å². The molecule has 0 radical (unpaired) electrons. The molecule has 0 aromatic heterocycles. The van der Waals surface area contributed by atoms with Crippen molar-refractivity contribution in [2.45, 2.75) is 50.5 Å². The fraction of sp³-hybridized carbons (Fsp3) is 0.586. The van der Waals surface area contributed by atoms with Crippen LogP contribution in [0.2, 0.25) is 0 Å². The summed E-state index contributed by atoms with van der Waals surface area (Å²) in [5.74, 6) is 3.57. The number of allylic oxidation sites excluding steroid dienone is 3. The van der Waals surface area contributed by atoms with Gasteiger partial charge in [-0.1, -0.05) is 24.8 Å². The number of nitrogens with zero attached hydrogens (tertiary/aromatic N) is 2. The molecule has 5 rings (SSSR count). The largest absolute Gasteiger partial charge is 0.501 e. The summed E-state index contributed by atoms with van der Waals surface area (Å²) >= 11 is 0. The Morgan fingerprint density at radius 2 is 2.00 bits per heavy atom. The molecule has 1 aromatic rings. The quantitative estimate of drug-likeness (QED) is 0.415. The van der Waals surface area contributed by atoms with Crippen LogP contribution in [0.15, 0.2) is 54.3 Å². The molecule has 4 nitrogen and oxygen atoms in total. The number of hydrogen-bond acceptors (Lipinski definition) is 4. The van der Waals surface area contributed by atoms with Crippen molar-refractivity contribution in [3.63, 3.8) is 0 Å². The molecular formula is C29H40N2O2. The van der Waals surface area contributed by atoms with Crippen LogP contribution in [-0.4, -0.2) is 62.8 Å². The Balaban J connectivity index is 1.43. The molecule has 1 saturated carbocycles. The molecule has 2 bridgehead atoms. The minimum absolute atomic E-state index is 0.300. The molecule has 3 atom stereocenters. The Labute approximate surface area is 199 Å². The second kappa shape index (κ2) is 9.31. The van der Waals surface area contributed by atoms with E-state index in [2.05, 4.69) is 46.7 Å². The molecule has 178 valence electrons. The highest BCUT2D eigenvalue weighted by Crippen LogP contribution is 2.54. The van der Waals surface area contributed by atoms with E-state index < -0.39 is 0 Å². The number of fused-ring (bicyclic) bond motifs is 1. The van der Waals surface area contributed by atoms with Gasteiger partial charge in [-0.3, -0.25) is 9.80 Å². The Bertz CT molecular complexity index is 947. The van der Waals surface area contributed by atoms with Crippen LogP contribution in [0.5, 0.6) is 5.75 Å². The maximum absolute atomic E-state index is 5.67. The van der Waals surface area contributed by atoms with Crippen LogP contribution >= 0.6 is 0 Å². The predicted molar refractivity (Wildman–Crippen MR) is 135 cm³/mol. The summed E-state index contributed by atoms with van der Waals surface area (Å²) in [6.45, 7) is 11.9. The Kier molecular flexibility index (Phi) is 6.41. The van der Waals surface area contributed by atoms with Crippen molar-refractivity contribution in [2.75, 3.05) is 46.9 Å². The van der Waals surface area contributed by atoms with Gasteiger partial charge in [0, 0.05) is 31.1 Å². The minimum Gasteiger partial charge on any atom is -0.501 e. The van der Waals surface area contributed by atoms with Crippen LogP contribution in [0.4, 0.5) is 0 Å². The van der Waals surface area contributed by atoms with Gasteiger partial charge in [0.15, 0.2) is 0 Å². The highest BCUT2D eigenvalue weighted by Gasteiger charge is 2.55. The molecule has 2 saturated heterocycles. The molecule has 0 amide bonds. The standard InChI is InChI=1S/C29H40N2O2/c1-5-22(7-6-21(2)32-3)18-30-14-12-29-13-15-31(19-23-8-9-23)28(27(29)20-30)16-24-10-11-25(33-4)17-26(24)29/h5-7,10-11,17,23,27-28H,1,8-9,12-16,18-20H2,2-4H3. The molecule has 2 aliphatic heterocycles. The zero-order valence-corrected chi connectivity index (χ0v) is 20.7. The number of methoxy groups -OCH3 is 2. The first kappa shape index (κ1) is 22.7. The van der Waals surface area contributed by atoms with Crippen LogP contribution < -0.4 is 4.74 Å². The molecule has 2 heterocycles. The maximum atomic E-state index is 5.67. The summed E-state index contributed by atoms with van der Waals surface area (Å²) in [7, 11) is 3.52. The minimum atomic E-state index is 0.300. The normalized spacial score (nSPS) is 30.4. The summed E-state index contributed by atoms with van der Waals surface area (Å²) in [5, 5.41) is 0. The Morgan fingerprint density at radius 1 is 1.18 bits per heavy atom. The van der Waals surface area contributed by atoms with Crippen molar-refractivity contribution in [2.24, 2.45) is 11.8 Å². The van der Waals surface area contributed by atoms with E-state index in [1.54, 1.807) is 25.3 Å². The van der Waals surface area contributed by atoms with Crippen molar-refractivity contribution in [3.05, 3.63) is 65.5 Å². The third-order valence-corrected chi connectivity index (χ3v) is 8.81. The van der Waals surface area contributed by atoms with E-state index in [1.807, 2.05) is 13.0 Å². The van der Waals surface area contributed by atoms with E-state index in [1.165, 1.54) is 57.3 Å². The highest BCUT2D eigenvalue weighted by molar-refractivity contribution is 5.46. The van der Waals surface area contributed by atoms with Crippen molar-refractivity contribution in [3.8, 4) is 5.75 Å². The summed E-state index contributed by atoms with van der Waals surface area (Å²) in [6, 6.07) is 7.56. The van der Waals surface area contributed by atoms with Gasteiger partial charge in [0.05, 0.1) is 20.0 Å². The lowest BCUT2D eigenvalue weighted by Crippen LogP contribution is -2.65. The van der Waals surface area contributed by atoms with Gasteiger partial charge in [-0.15, -0.1) is 0 Å². The Hall–Kier alpha value is -2.04. The monoisotopic (exact) mass is 448 g/mol. The third kappa shape index (κ3) is 4.40. The van der Waals surface area contributed by atoms with Gasteiger partial charge >= 0.3 is 0 Å². The molecule has 33 heavy (non-hydrogen) atoms. The third-order valence-electron chi connectivity index (χ3n) is 8.81. The lowest BCUT2D eigenvalue weighted by Gasteiger charge is -2.60. The lowest BCUT2D eigenvalue weighted by atomic mass is 9.54. The van der Waals surface area contributed by atoms with Crippen molar-refractivity contribution < 1.29 is 9.47 Å². The van der Waals surface area contributed by atoms with E-state index in [0.29, 0.717) is 17.4 Å². The summed E-state index contributed by atoms with van der Waals surface area (Å²) in [4.78, 5) is 5.54. The van der Waals surface area contributed by atoms with E-state index >= 15 is 0 Å². The molecular weight excluding hydrogens is 408 g/mol. The average molecular weight is 449 g/mol. The summed E-state index contributed by atoms with van der Waals surface area (Å²) in [6.07, 6.45) is 12.8. The van der Waals surface area contributed by atoms with Gasteiger partial charge in [-0.2, -0.15) is 0 Å². The molecule has 3 unspecified atom stereocenters. The van der Waals surface area contributed by atoms with Gasteiger partial charge in [-0.05, 0) is 98.9 Å². The number of piperidine rings is 2. The number of likely N-dealkylation sites (tertiary alicyclic amines) is 2. The number of benzene rings is 1. The van der Waals surface area contributed by atoms with Gasteiger partial charge in [0.1, 0.15) is 5.75 Å². The van der Waals surface area contributed by atoms with Crippen LogP contribution in [0.1, 0.15) is 43.7 Å². The smallest absolute Gasteiger partial charge is 0.119 e. The van der Waals surface area contributed by atoms with Crippen LogP contribution in [0.25, 0.3) is 0 Å². The second-order valence-corrected chi connectivity index (χ2v) is 10.7. The lowest BCUT2D eigenvalue weighted by molar-refractivity contribution is -0.0373. The second-order valence-electron chi connectivity index (χ2n) is 10.7. The molecule has 0 spiro atoms. The first-order chi connectivity index (χ1) is 16.1. The molecule has 4 heteroatoms. The zero-order valence-electron chi connectivity index (χ0n) is 20.7. The Morgan fingerprint density at radius 3 is 2.73 bits per heavy atom. The summed E-state index contributed by atoms with van der Waals surface area (Å²) in [5.41, 5.74) is 4.72. The topological polar surface area (TPSA) is 24.9 Å². The molecule has 1 aromatic carbocycles. The average Bonchev–Trinajstić information content (AvgIpc) is 3.67. The van der Waals surface area contributed by atoms with E-state index in [4.69, 9.17) is 9.47 Å². The predicted octanol–water partition coefficient (Wildman–Crippen LogP) is 4.96. The fourth-order valence-electron chi connectivity index (χ4n) is 6.68. The van der Waals surface area contributed by atoms with Crippen molar-refractivity contribution in [1.29, 1.82) is 0 Å². The van der Waals surface area contributed by atoms with Gasteiger partial charge in [0.25, 0.3) is 0 Å². The van der Waals surface area contributed by atoms with Gasteiger partial charge in [-0.25, -0.2) is 0 Å². The van der Waals surface area contributed by atoms with Crippen LogP contribution in [0, 0.1) is 11.8 Å². The van der Waals surface area contributed by atoms with E-state index in [0.717, 1.165) is 30.5 Å². The van der Waals surface area contributed by atoms with Gasteiger partial charge in [0.2, 0.25) is 0 Å². The molecule has 2 aliphatic carbocycles. The molecule has 0 N–H and O–H groups in total. The fourth-order valence-corrected chi connectivity index (χ4v) is 6.68. The maximum Gasteiger partial charge on any atom is 0.119 e. The first-order valence-electron chi connectivity index (χ1n) is 12.7. The highest BCUT2D eigenvalue weighted by atomic mass is 16.5. The van der Waals surface area contributed by atoms with Gasteiger partial charge < -0.3 is 9.47 Å². The van der Waals surface area contributed by atoms with E-state index in [-0.39, 0.29) is 0 Å².